The molecular formula is C7H4F2. The quantitative estimate of drug-likeness (QED) is 0.551. The Labute approximate surface area is 51.1 Å². The first-order valence-corrected chi connectivity index (χ1v) is 2.71. The molecule has 46 valence electrons. The Balaban J connectivity index is 2.38. The zero-order valence-corrected chi connectivity index (χ0v) is 4.57. The van der Waals surface area contributed by atoms with E-state index in [1.165, 1.54) is 12.1 Å². The van der Waals surface area contributed by atoms with E-state index in [2.05, 4.69) is 0 Å². The van der Waals surface area contributed by atoms with Crippen LogP contribution in [0.25, 0.3) is 11.1 Å². The molecule has 2 rings (SSSR count). The molecule has 2 aliphatic rings. The Kier molecular flexibility index (Phi) is 0.721. The number of alkyl halides is 2. The summed E-state index contributed by atoms with van der Waals surface area (Å²) in [6.07, 6.45) is -2.30. The van der Waals surface area contributed by atoms with E-state index in [0.29, 0.717) is 0 Å². The predicted molar refractivity (Wildman–Crippen MR) is 30.4 cm³/mol. The van der Waals surface area contributed by atoms with E-state index in [1.807, 2.05) is 6.07 Å². The molecule has 0 fully saturated rings. The van der Waals surface area contributed by atoms with Gasteiger partial charge in [0.15, 0.2) is 0 Å². The summed E-state index contributed by atoms with van der Waals surface area (Å²) in [5.41, 5.74) is 2.11. The van der Waals surface area contributed by atoms with Gasteiger partial charge in [-0.1, -0.05) is 0 Å². The molecular weight excluding hydrogens is 122 g/mol. The number of halogens is 2. The van der Waals surface area contributed by atoms with Crippen molar-refractivity contribution in [2.75, 3.05) is 0 Å². The van der Waals surface area contributed by atoms with Crippen molar-refractivity contribution in [2.45, 2.75) is 6.43 Å². The van der Waals surface area contributed by atoms with Crippen molar-refractivity contribution in [3.8, 4) is 11.1 Å². The number of benzene rings is 1. The lowest BCUT2D eigenvalue weighted by atomic mass is 10.3. The molecule has 0 saturated heterocycles. The van der Waals surface area contributed by atoms with Crippen LogP contribution in [0, 0.1) is 0 Å². The molecule has 0 aromatic carbocycles. The highest BCUT2D eigenvalue weighted by atomic mass is 19.3. The van der Waals surface area contributed by atoms with Crippen LogP contribution in [0.2, 0.25) is 0 Å². The van der Waals surface area contributed by atoms with Crippen LogP contribution in [0.4, 0.5) is 8.78 Å². The zero-order chi connectivity index (χ0) is 6.43. The highest BCUT2D eigenvalue weighted by molar-refractivity contribution is 5.82. The van der Waals surface area contributed by atoms with Gasteiger partial charge in [-0.25, -0.2) is 8.78 Å². The summed E-state index contributed by atoms with van der Waals surface area (Å²) in [5, 5.41) is 0. The van der Waals surface area contributed by atoms with Crippen molar-refractivity contribution < 1.29 is 8.78 Å². The van der Waals surface area contributed by atoms with E-state index in [-0.39, 0.29) is 5.56 Å². The fraction of sp³-hybridized carbons (Fsp3) is 0.143. The van der Waals surface area contributed by atoms with Crippen LogP contribution < -0.4 is 0 Å². The molecule has 0 saturated carbocycles. The molecule has 2 heteroatoms. The molecule has 0 unspecified atom stereocenters. The molecule has 0 aromatic rings. The van der Waals surface area contributed by atoms with E-state index in [9.17, 15) is 8.78 Å². The monoisotopic (exact) mass is 126 g/mol. The van der Waals surface area contributed by atoms with Crippen molar-refractivity contribution >= 4 is 0 Å². The Morgan fingerprint density at radius 3 is 1.89 bits per heavy atom. The SMILES string of the molecule is FC(F)c1cc2cc-2c1. The van der Waals surface area contributed by atoms with E-state index < -0.39 is 6.43 Å². The third-order valence-corrected chi connectivity index (χ3v) is 1.46. The first-order chi connectivity index (χ1) is 4.27. The number of fused-ring (bicyclic) bond motifs is 1. The molecule has 0 nitrogen and oxygen atoms in total. The van der Waals surface area contributed by atoms with Gasteiger partial charge in [-0.15, -0.1) is 0 Å². The third-order valence-electron chi connectivity index (χ3n) is 1.46. The van der Waals surface area contributed by atoms with Crippen molar-refractivity contribution in [3.63, 3.8) is 0 Å². The van der Waals surface area contributed by atoms with Crippen LogP contribution in [-0.4, -0.2) is 0 Å². The van der Waals surface area contributed by atoms with Gasteiger partial charge in [0.25, 0.3) is 6.43 Å². The minimum Gasteiger partial charge on any atom is -0.205 e. The molecule has 0 bridgehead atoms. The van der Waals surface area contributed by atoms with Crippen molar-refractivity contribution in [1.82, 2.24) is 0 Å². The van der Waals surface area contributed by atoms with E-state index >= 15 is 0 Å². The fourth-order valence-corrected chi connectivity index (χ4v) is 0.908. The maximum atomic E-state index is 11.8. The number of hydrogen-bond acceptors (Lipinski definition) is 0. The second kappa shape index (κ2) is 1.32. The van der Waals surface area contributed by atoms with Crippen LogP contribution in [0.5, 0.6) is 0 Å². The minimum absolute atomic E-state index is 0.155. The largest absolute Gasteiger partial charge is 0.263 e. The summed E-state index contributed by atoms with van der Waals surface area (Å²) in [5.74, 6) is 0. The Morgan fingerprint density at radius 1 is 1.00 bits per heavy atom. The standard InChI is InChI=1S/C7H4F2/c8-7(9)6-2-4-1-5(4)3-6/h1-3,7H. The van der Waals surface area contributed by atoms with E-state index in [1.54, 1.807) is 0 Å². The minimum atomic E-state index is -2.30. The number of rotatable bonds is 1. The van der Waals surface area contributed by atoms with Gasteiger partial charge < -0.3 is 0 Å². The average molecular weight is 126 g/mol. The van der Waals surface area contributed by atoms with Gasteiger partial charge in [-0.05, 0) is 29.3 Å². The van der Waals surface area contributed by atoms with Gasteiger partial charge in [-0.2, -0.15) is 0 Å². The lowest BCUT2D eigenvalue weighted by Gasteiger charge is -1.89. The molecule has 0 radical (unpaired) electrons. The number of hydrogen-bond donors (Lipinski definition) is 0. The lowest BCUT2D eigenvalue weighted by Crippen LogP contribution is -1.75. The molecule has 0 aliphatic heterocycles. The molecule has 9 heavy (non-hydrogen) atoms. The predicted octanol–water partition coefficient (Wildman–Crippen LogP) is 2.60. The first-order valence-electron chi connectivity index (χ1n) is 2.71. The lowest BCUT2D eigenvalue weighted by molar-refractivity contribution is 0.152. The smallest absolute Gasteiger partial charge is 0.205 e. The summed E-state index contributed by atoms with van der Waals surface area (Å²) in [6, 6.07) is 4.94. The van der Waals surface area contributed by atoms with Gasteiger partial charge in [-0.3, -0.25) is 0 Å². The van der Waals surface area contributed by atoms with Gasteiger partial charge in [0.2, 0.25) is 0 Å². The van der Waals surface area contributed by atoms with Crippen LogP contribution in [0.3, 0.4) is 0 Å². The topological polar surface area (TPSA) is 0 Å². The summed E-state index contributed by atoms with van der Waals surface area (Å²) in [6.45, 7) is 0. The third kappa shape index (κ3) is 0.626. The summed E-state index contributed by atoms with van der Waals surface area (Å²) >= 11 is 0. The van der Waals surface area contributed by atoms with Crippen LogP contribution in [0.15, 0.2) is 18.2 Å². The summed E-state index contributed by atoms with van der Waals surface area (Å²) in [4.78, 5) is 0. The van der Waals surface area contributed by atoms with Gasteiger partial charge in [0, 0.05) is 5.56 Å². The molecule has 0 aromatic heterocycles. The Morgan fingerprint density at radius 2 is 1.56 bits per heavy atom. The van der Waals surface area contributed by atoms with Crippen molar-refractivity contribution in [1.29, 1.82) is 0 Å². The molecule has 0 atom stereocenters. The van der Waals surface area contributed by atoms with Crippen LogP contribution >= 0.6 is 0 Å². The Hall–Kier alpha value is -0.920. The second-order valence-corrected chi connectivity index (χ2v) is 2.14. The summed E-state index contributed by atoms with van der Waals surface area (Å²) < 4.78 is 23.6. The van der Waals surface area contributed by atoms with Gasteiger partial charge in [0.05, 0.1) is 0 Å². The summed E-state index contributed by atoms with van der Waals surface area (Å²) in [7, 11) is 0. The molecule has 0 spiro atoms. The van der Waals surface area contributed by atoms with E-state index in [4.69, 9.17) is 0 Å². The van der Waals surface area contributed by atoms with E-state index in [0.717, 1.165) is 11.1 Å². The molecule has 0 heterocycles. The molecule has 0 amide bonds. The maximum Gasteiger partial charge on any atom is 0.263 e. The Bertz CT molecular complexity index is 233. The van der Waals surface area contributed by atoms with Gasteiger partial charge >= 0.3 is 0 Å². The van der Waals surface area contributed by atoms with Crippen LogP contribution in [-0.2, 0) is 0 Å². The average Bonchev–Trinajstić information content (AvgIpc) is 2.40. The van der Waals surface area contributed by atoms with Gasteiger partial charge in [0.1, 0.15) is 0 Å². The van der Waals surface area contributed by atoms with Crippen molar-refractivity contribution in [3.05, 3.63) is 23.8 Å². The first kappa shape index (κ1) is 4.91. The fourth-order valence-electron chi connectivity index (χ4n) is 0.908. The molecule has 2 aliphatic carbocycles. The molecule has 0 N–H and O–H groups in total. The van der Waals surface area contributed by atoms with Crippen molar-refractivity contribution in [2.24, 2.45) is 0 Å². The maximum absolute atomic E-state index is 11.8. The van der Waals surface area contributed by atoms with Crippen LogP contribution in [0.1, 0.15) is 12.0 Å². The highest BCUT2D eigenvalue weighted by Crippen LogP contribution is 2.39. The highest BCUT2D eigenvalue weighted by Gasteiger charge is 2.18. The normalized spacial score (nSPS) is 12.3. The second-order valence-electron chi connectivity index (χ2n) is 2.14. The zero-order valence-electron chi connectivity index (χ0n) is 4.57.